The van der Waals surface area contributed by atoms with Crippen molar-refractivity contribution in [1.82, 2.24) is 5.32 Å². The van der Waals surface area contributed by atoms with Crippen molar-refractivity contribution in [2.24, 2.45) is 0 Å². The van der Waals surface area contributed by atoms with Gasteiger partial charge in [0.05, 0.1) is 13.2 Å². The Bertz CT molecular complexity index is 463. The molecule has 0 unspecified atom stereocenters. The second kappa shape index (κ2) is 10.5. The van der Waals surface area contributed by atoms with Gasteiger partial charge in [0.25, 0.3) is 0 Å². The summed E-state index contributed by atoms with van der Waals surface area (Å²) in [6.07, 6.45) is -12.3. The van der Waals surface area contributed by atoms with Crippen molar-refractivity contribution in [2.75, 3.05) is 13.2 Å². The number of hydrogen-bond donors (Lipinski definition) is 10. The first kappa shape index (κ1) is 24.1. The molecule has 2 aliphatic rings. The Hall–Kier alpha value is -0.970. The molecule has 0 aliphatic carbocycles. The smallest absolute Gasteiger partial charge is 0.217 e. The van der Waals surface area contributed by atoms with Gasteiger partial charge in [-0.2, -0.15) is 0 Å². The number of hydrogen-bond acceptors (Lipinski definition) is 12. The normalized spacial score (nSPS) is 44.8. The molecule has 160 valence electrons. The van der Waals surface area contributed by atoms with Crippen LogP contribution in [0.15, 0.2) is 0 Å². The first-order valence-electron chi connectivity index (χ1n) is 8.11. The lowest BCUT2D eigenvalue weighted by Gasteiger charge is -2.40. The van der Waals surface area contributed by atoms with Crippen molar-refractivity contribution in [1.29, 1.82) is 0 Å². The van der Waals surface area contributed by atoms with E-state index in [1.807, 2.05) is 0 Å². The molecular weight excluding hydrogens is 374 g/mol. The molecule has 27 heavy (non-hydrogen) atoms. The molecule has 10 atom stereocenters. The predicted molar refractivity (Wildman–Crippen MR) is 83.6 cm³/mol. The highest BCUT2D eigenvalue weighted by atomic mass is 16.6. The standard InChI is InChI=1S/C8H15NO6.C6H12O6/c1-3(11)9-5-7(13)6(12)4(2-10)15-8(5)14;7-1-2-3(8)4(9)5(10)6(11)12-2/h4-8,10,12-14H,2H2,1H3,(H,9,11);2-11H,1H2/t4-,5-,6-,7-,8-;2-,3+,4+,5-,6+/m11/s1. The Kier molecular flexibility index (Phi) is 9.40. The van der Waals surface area contributed by atoms with E-state index >= 15 is 0 Å². The second-order valence-corrected chi connectivity index (χ2v) is 6.17. The Morgan fingerprint density at radius 2 is 1.19 bits per heavy atom. The van der Waals surface area contributed by atoms with Crippen LogP contribution in [-0.2, 0) is 14.3 Å². The monoisotopic (exact) mass is 401 g/mol. The summed E-state index contributed by atoms with van der Waals surface area (Å²) in [6, 6.07) is -1.10. The molecule has 13 heteroatoms. The van der Waals surface area contributed by atoms with E-state index in [1.165, 1.54) is 6.92 Å². The number of ether oxygens (including phenoxy) is 2. The fraction of sp³-hybridized carbons (Fsp3) is 0.929. The van der Waals surface area contributed by atoms with Gasteiger partial charge in [-0.3, -0.25) is 4.79 Å². The zero-order chi connectivity index (χ0) is 20.9. The van der Waals surface area contributed by atoms with Gasteiger partial charge in [0.15, 0.2) is 12.6 Å². The molecule has 0 bridgehead atoms. The molecular formula is C14H27NO12. The van der Waals surface area contributed by atoms with Gasteiger partial charge in [0, 0.05) is 6.92 Å². The van der Waals surface area contributed by atoms with Gasteiger partial charge in [-0.15, -0.1) is 0 Å². The number of rotatable bonds is 3. The molecule has 2 rings (SSSR count). The van der Waals surface area contributed by atoms with Crippen LogP contribution in [0.3, 0.4) is 0 Å². The molecule has 2 heterocycles. The molecule has 0 aromatic carbocycles. The van der Waals surface area contributed by atoms with Gasteiger partial charge < -0.3 is 60.7 Å². The van der Waals surface area contributed by atoms with Gasteiger partial charge in [0.2, 0.25) is 5.91 Å². The number of nitrogens with one attached hydrogen (secondary N) is 1. The molecule has 2 saturated heterocycles. The van der Waals surface area contributed by atoms with Gasteiger partial charge in [-0.25, -0.2) is 0 Å². The number of aliphatic hydroxyl groups is 9. The van der Waals surface area contributed by atoms with E-state index in [2.05, 4.69) is 10.1 Å². The summed E-state index contributed by atoms with van der Waals surface area (Å²) < 4.78 is 9.39. The maximum absolute atomic E-state index is 10.7. The fourth-order valence-corrected chi connectivity index (χ4v) is 2.57. The minimum absolute atomic E-state index is 0.462. The molecule has 1 amide bonds. The summed E-state index contributed by atoms with van der Waals surface area (Å²) >= 11 is 0. The molecule has 0 radical (unpaired) electrons. The van der Waals surface area contributed by atoms with Crippen molar-refractivity contribution in [3.05, 3.63) is 0 Å². The van der Waals surface area contributed by atoms with Crippen LogP contribution in [0.5, 0.6) is 0 Å². The van der Waals surface area contributed by atoms with Crippen molar-refractivity contribution in [2.45, 2.75) is 68.3 Å². The van der Waals surface area contributed by atoms with E-state index in [4.69, 9.17) is 35.4 Å². The summed E-state index contributed by atoms with van der Waals surface area (Å²) in [4.78, 5) is 10.7. The summed E-state index contributed by atoms with van der Waals surface area (Å²) in [5.41, 5.74) is 0. The first-order chi connectivity index (χ1) is 12.5. The van der Waals surface area contributed by atoms with E-state index in [-0.39, 0.29) is 0 Å². The molecule has 2 aliphatic heterocycles. The fourth-order valence-electron chi connectivity index (χ4n) is 2.57. The number of aliphatic hydroxyl groups excluding tert-OH is 9. The number of carbonyl (C=O) groups excluding carboxylic acids is 1. The molecule has 2 fully saturated rings. The molecule has 0 spiro atoms. The zero-order valence-corrected chi connectivity index (χ0v) is 14.4. The summed E-state index contributed by atoms with van der Waals surface area (Å²) in [7, 11) is 0. The van der Waals surface area contributed by atoms with E-state index in [1.54, 1.807) is 0 Å². The number of carbonyl (C=O) groups is 1. The minimum atomic E-state index is -1.57. The van der Waals surface area contributed by atoms with Crippen molar-refractivity contribution < 1.29 is 60.2 Å². The second-order valence-electron chi connectivity index (χ2n) is 6.17. The van der Waals surface area contributed by atoms with Gasteiger partial charge in [0.1, 0.15) is 48.8 Å². The van der Waals surface area contributed by atoms with Crippen LogP contribution in [0.1, 0.15) is 6.92 Å². The van der Waals surface area contributed by atoms with E-state index in [0.29, 0.717) is 0 Å². The zero-order valence-electron chi connectivity index (χ0n) is 14.4. The lowest BCUT2D eigenvalue weighted by atomic mass is 9.97. The quantitative estimate of drug-likeness (QED) is 0.213. The Morgan fingerprint density at radius 1 is 0.741 bits per heavy atom. The molecule has 0 saturated carbocycles. The summed E-state index contributed by atoms with van der Waals surface area (Å²) in [5.74, 6) is -0.462. The van der Waals surface area contributed by atoms with Crippen molar-refractivity contribution in [3.63, 3.8) is 0 Å². The van der Waals surface area contributed by atoms with Gasteiger partial charge in [-0.1, -0.05) is 0 Å². The summed E-state index contributed by atoms with van der Waals surface area (Å²) in [5, 5.41) is 84.1. The highest BCUT2D eigenvalue weighted by Crippen LogP contribution is 2.20. The lowest BCUT2D eigenvalue weighted by molar-refractivity contribution is -0.286. The molecule has 0 aromatic rings. The minimum Gasteiger partial charge on any atom is -0.394 e. The average molecular weight is 401 g/mol. The van der Waals surface area contributed by atoms with E-state index in [0.717, 1.165) is 0 Å². The maximum atomic E-state index is 10.7. The first-order valence-corrected chi connectivity index (χ1v) is 8.11. The van der Waals surface area contributed by atoms with Crippen molar-refractivity contribution >= 4 is 5.91 Å². The molecule has 13 nitrogen and oxygen atoms in total. The largest absolute Gasteiger partial charge is 0.394 e. The van der Waals surface area contributed by atoms with E-state index in [9.17, 15) is 20.1 Å². The van der Waals surface area contributed by atoms with Crippen LogP contribution in [0, 0.1) is 0 Å². The highest BCUT2D eigenvalue weighted by Gasteiger charge is 2.44. The third kappa shape index (κ3) is 6.00. The van der Waals surface area contributed by atoms with Crippen LogP contribution < -0.4 is 5.32 Å². The Labute approximate surface area is 154 Å². The van der Waals surface area contributed by atoms with Crippen LogP contribution in [-0.4, -0.2) is 126 Å². The molecule has 0 aromatic heterocycles. The predicted octanol–water partition coefficient (Wildman–Crippen LogP) is -6.30. The third-order valence-electron chi connectivity index (χ3n) is 4.14. The van der Waals surface area contributed by atoms with Crippen LogP contribution in [0.2, 0.25) is 0 Å². The average Bonchev–Trinajstić information content (AvgIpc) is 2.63. The van der Waals surface area contributed by atoms with Gasteiger partial charge in [-0.05, 0) is 0 Å². The maximum Gasteiger partial charge on any atom is 0.217 e. The third-order valence-corrected chi connectivity index (χ3v) is 4.14. The summed E-state index contributed by atoms with van der Waals surface area (Å²) in [6.45, 7) is 0.161. The van der Waals surface area contributed by atoms with E-state index < -0.39 is 80.5 Å². The highest BCUT2D eigenvalue weighted by molar-refractivity contribution is 5.73. The lowest BCUT2D eigenvalue weighted by Crippen LogP contribution is -2.63. The SMILES string of the molecule is CC(=O)N[C@@H]1[C@@H](O)[C@H](O)[C@@H](CO)O[C@H]1O.OC[C@H]1O[C@H](O)[C@H](O)[C@@H](O)[C@H]1O. The van der Waals surface area contributed by atoms with Crippen LogP contribution in [0.4, 0.5) is 0 Å². The topological polar surface area (TPSA) is 230 Å². The Balaban J connectivity index is 0.000000277. The molecule has 10 N–H and O–H groups in total. The number of amides is 1. The Morgan fingerprint density at radius 3 is 1.63 bits per heavy atom. The van der Waals surface area contributed by atoms with Crippen LogP contribution >= 0.6 is 0 Å². The van der Waals surface area contributed by atoms with Crippen LogP contribution in [0.25, 0.3) is 0 Å². The van der Waals surface area contributed by atoms with Crippen molar-refractivity contribution in [3.8, 4) is 0 Å². The van der Waals surface area contributed by atoms with Gasteiger partial charge >= 0.3 is 0 Å².